The molecule has 0 fully saturated rings. The molecule has 2 heterocycles. The van der Waals surface area contributed by atoms with Gasteiger partial charge in [0.05, 0.1) is 24.5 Å². The van der Waals surface area contributed by atoms with E-state index in [1.165, 1.54) is 0 Å². The standard InChI is InChI=1S/C16H16ClN3O/c1-2-21-14-7-3-6-13-16(14)19-15(9-17)20(13)11-12-5-4-8-18-10-12/h3-8,10H,2,9,11H2,1H3. The number of rotatable bonds is 5. The van der Waals surface area contributed by atoms with Crippen molar-refractivity contribution in [3.63, 3.8) is 0 Å². The lowest BCUT2D eigenvalue weighted by molar-refractivity contribution is 0.343. The van der Waals surface area contributed by atoms with Gasteiger partial charge in [-0.05, 0) is 30.7 Å². The van der Waals surface area contributed by atoms with Crippen molar-refractivity contribution in [2.45, 2.75) is 19.3 Å². The molecular formula is C16H16ClN3O. The number of ether oxygens (including phenoxy) is 1. The number of para-hydroxylation sites is 1. The zero-order chi connectivity index (χ0) is 14.7. The van der Waals surface area contributed by atoms with Crippen LogP contribution < -0.4 is 4.74 Å². The lowest BCUT2D eigenvalue weighted by Crippen LogP contribution is -2.04. The molecule has 0 bridgehead atoms. The third kappa shape index (κ3) is 2.72. The Morgan fingerprint density at radius 1 is 1.24 bits per heavy atom. The number of pyridine rings is 1. The highest BCUT2D eigenvalue weighted by molar-refractivity contribution is 6.16. The highest BCUT2D eigenvalue weighted by Gasteiger charge is 2.13. The Balaban J connectivity index is 2.10. The predicted molar refractivity (Wildman–Crippen MR) is 83.8 cm³/mol. The van der Waals surface area contributed by atoms with E-state index in [-0.39, 0.29) is 0 Å². The zero-order valence-electron chi connectivity index (χ0n) is 11.8. The van der Waals surface area contributed by atoms with E-state index in [1.807, 2.05) is 43.5 Å². The summed E-state index contributed by atoms with van der Waals surface area (Å²) < 4.78 is 7.76. The monoisotopic (exact) mass is 301 g/mol. The summed E-state index contributed by atoms with van der Waals surface area (Å²) in [5, 5.41) is 0. The molecule has 0 aliphatic carbocycles. The first kappa shape index (κ1) is 13.9. The predicted octanol–water partition coefficient (Wildman–Crippen LogP) is 3.62. The number of hydrogen-bond donors (Lipinski definition) is 0. The molecule has 0 N–H and O–H groups in total. The van der Waals surface area contributed by atoms with Gasteiger partial charge in [-0.3, -0.25) is 4.98 Å². The molecule has 3 rings (SSSR count). The van der Waals surface area contributed by atoms with Crippen molar-refractivity contribution in [1.29, 1.82) is 0 Å². The Kier molecular flexibility index (Phi) is 4.06. The highest BCUT2D eigenvalue weighted by atomic mass is 35.5. The molecule has 1 aromatic carbocycles. The zero-order valence-corrected chi connectivity index (χ0v) is 12.5. The fraction of sp³-hybridized carbons (Fsp3) is 0.250. The van der Waals surface area contributed by atoms with Gasteiger partial charge in [0.2, 0.25) is 0 Å². The second kappa shape index (κ2) is 6.14. The van der Waals surface area contributed by atoms with E-state index >= 15 is 0 Å². The second-order valence-corrected chi connectivity index (χ2v) is 4.93. The number of halogens is 1. The van der Waals surface area contributed by atoms with Crippen LogP contribution >= 0.6 is 11.6 Å². The normalized spacial score (nSPS) is 11.0. The lowest BCUT2D eigenvalue weighted by atomic mass is 10.2. The van der Waals surface area contributed by atoms with Crippen molar-refractivity contribution in [2.75, 3.05) is 6.61 Å². The van der Waals surface area contributed by atoms with E-state index in [9.17, 15) is 0 Å². The lowest BCUT2D eigenvalue weighted by Gasteiger charge is -2.08. The van der Waals surface area contributed by atoms with Crippen LogP contribution in [0.25, 0.3) is 11.0 Å². The third-order valence-electron chi connectivity index (χ3n) is 3.30. The topological polar surface area (TPSA) is 39.9 Å². The van der Waals surface area contributed by atoms with Gasteiger partial charge in [-0.1, -0.05) is 12.1 Å². The summed E-state index contributed by atoms with van der Waals surface area (Å²) in [6.45, 7) is 3.28. The van der Waals surface area contributed by atoms with Gasteiger partial charge in [0, 0.05) is 12.4 Å². The molecule has 0 aliphatic rings. The summed E-state index contributed by atoms with van der Waals surface area (Å²) in [4.78, 5) is 8.79. The third-order valence-corrected chi connectivity index (χ3v) is 3.54. The van der Waals surface area contributed by atoms with Crippen molar-refractivity contribution in [2.24, 2.45) is 0 Å². The first-order valence-electron chi connectivity index (χ1n) is 6.89. The fourth-order valence-electron chi connectivity index (χ4n) is 2.39. The molecule has 0 aliphatic heterocycles. The smallest absolute Gasteiger partial charge is 0.147 e. The summed E-state index contributed by atoms with van der Waals surface area (Å²) in [6, 6.07) is 9.93. The molecule has 2 aromatic heterocycles. The van der Waals surface area contributed by atoms with E-state index in [0.29, 0.717) is 19.0 Å². The Morgan fingerprint density at radius 3 is 2.86 bits per heavy atom. The van der Waals surface area contributed by atoms with Crippen LogP contribution in [-0.2, 0) is 12.4 Å². The van der Waals surface area contributed by atoms with Crippen LogP contribution in [0.4, 0.5) is 0 Å². The molecular weight excluding hydrogens is 286 g/mol. The maximum atomic E-state index is 6.06. The van der Waals surface area contributed by atoms with Gasteiger partial charge < -0.3 is 9.30 Å². The molecule has 3 aromatic rings. The second-order valence-electron chi connectivity index (χ2n) is 4.67. The van der Waals surface area contributed by atoms with Gasteiger partial charge in [-0.2, -0.15) is 0 Å². The molecule has 0 atom stereocenters. The molecule has 0 saturated heterocycles. The van der Waals surface area contributed by atoms with E-state index in [2.05, 4.69) is 14.5 Å². The van der Waals surface area contributed by atoms with Crippen LogP contribution in [0.3, 0.4) is 0 Å². The first-order valence-corrected chi connectivity index (χ1v) is 7.42. The fourth-order valence-corrected chi connectivity index (χ4v) is 2.60. The average molecular weight is 302 g/mol. The maximum absolute atomic E-state index is 6.06. The summed E-state index contributed by atoms with van der Waals surface area (Å²) in [5.41, 5.74) is 3.00. The first-order chi connectivity index (χ1) is 10.3. The quantitative estimate of drug-likeness (QED) is 0.676. The number of alkyl halides is 1. The largest absolute Gasteiger partial charge is 0.492 e. The van der Waals surface area contributed by atoms with Crippen LogP contribution in [0.15, 0.2) is 42.7 Å². The molecule has 5 heteroatoms. The summed E-state index contributed by atoms with van der Waals surface area (Å²) in [5.74, 6) is 1.99. The van der Waals surface area contributed by atoms with Crippen molar-refractivity contribution in [3.05, 3.63) is 54.1 Å². The number of nitrogens with zero attached hydrogens (tertiary/aromatic N) is 3. The number of fused-ring (bicyclic) bond motifs is 1. The van der Waals surface area contributed by atoms with Crippen molar-refractivity contribution < 1.29 is 4.74 Å². The minimum atomic E-state index is 0.362. The molecule has 108 valence electrons. The Morgan fingerprint density at radius 2 is 2.14 bits per heavy atom. The van der Waals surface area contributed by atoms with E-state index < -0.39 is 0 Å². The van der Waals surface area contributed by atoms with Crippen molar-refractivity contribution in [3.8, 4) is 5.75 Å². The van der Waals surface area contributed by atoms with Gasteiger partial charge in [-0.25, -0.2) is 4.98 Å². The van der Waals surface area contributed by atoms with E-state index in [4.69, 9.17) is 16.3 Å². The maximum Gasteiger partial charge on any atom is 0.147 e. The van der Waals surface area contributed by atoms with Gasteiger partial charge in [0.1, 0.15) is 17.1 Å². The van der Waals surface area contributed by atoms with Crippen molar-refractivity contribution >= 4 is 22.6 Å². The molecule has 0 saturated carbocycles. The number of imidazole rings is 1. The Bertz CT molecular complexity index is 740. The minimum absolute atomic E-state index is 0.362. The van der Waals surface area contributed by atoms with Gasteiger partial charge >= 0.3 is 0 Å². The van der Waals surface area contributed by atoms with Crippen LogP contribution in [0, 0.1) is 0 Å². The molecule has 0 radical (unpaired) electrons. The number of aromatic nitrogens is 3. The average Bonchev–Trinajstić information content (AvgIpc) is 2.88. The summed E-state index contributed by atoms with van der Waals surface area (Å²) >= 11 is 6.06. The molecule has 0 unspecified atom stereocenters. The SMILES string of the molecule is CCOc1cccc2c1nc(CCl)n2Cc1cccnc1. The van der Waals surface area contributed by atoms with Crippen LogP contribution in [0.1, 0.15) is 18.3 Å². The molecule has 0 amide bonds. The van der Waals surface area contributed by atoms with Crippen LogP contribution in [-0.4, -0.2) is 21.1 Å². The number of hydrogen-bond acceptors (Lipinski definition) is 3. The highest BCUT2D eigenvalue weighted by Crippen LogP contribution is 2.27. The molecule has 0 spiro atoms. The molecule has 4 nitrogen and oxygen atoms in total. The van der Waals surface area contributed by atoms with Crippen molar-refractivity contribution in [1.82, 2.24) is 14.5 Å². The van der Waals surface area contributed by atoms with Crippen LogP contribution in [0.5, 0.6) is 5.75 Å². The van der Waals surface area contributed by atoms with Gasteiger partial charge in [-0.15, -0.1) is 11.6 Å². The Hall–Kier alpha value is -2.07. The molecule has 21 heavy (non-hydrogen) atoms. The van der Waals surface area contributed by atoms with E-state index in [1.54, 1.807) is 6.20 Å². The minimum Gasteiger partial charge on any atom is -0.492 e. The number of benzene rings is 1. The summed E-state index contributed by atoms with van der Waals surface area (Å²) in [6.07, 6.45) is 3.63. The van der Waals surface area contributed by atoms with Crippen LogP contribution in [0.2, 0.25) is 0 Å². The van der Waals surface area contributed by atoms with Gasteiger partial charge in [0.15, 0.2) is 0 Å². The Labute approximate surface area is 128 Å². The van der Waals surface area contributed by atoms with Gasteiger partial charge in [0.25, 0.3) is 0 Å². The van der Waals surface area contributed by atoms with E-state index in [0.717, 1.165) is 28.2 Å². The summed E-state index contributed by atoms with van der Waals surface area (Å²) in [7, 11) is 0.